The number of aromatic hydroxyl groups is 1. The summed E-state index contributed by atoms with van der Waals surface area (Å²) >= 11 is 11.1. The Hall–Kier alpha value is -3.56. The van der Waals surface area contributed by atoms with Gasteiger partial charge in [-0.15, -0.1) is 0 Å². The van der Waals surface area contributed by atoms with Gasteiger partial charge in [-0.1, -0.05) is 11.6 Å². The zero-order chi connectivity index (χ0) is 21.6. The van der Waals surface area contributed by atoms with Crippen LogP contribution in [0.25, 0.3) is 17.3 Å². The van der Waals surface area contributed by atoms with E-state index in [1.54, 1.807) is 37.3 Å². The minimum atomic E-state index is -0.595. The molecule has 0 spiro atoms. The highest BCUT2D eigenvalue weighted by Crippen LogP contribution is 2.38. The maximum atomic E-state index is 12.6. The second-order valence-electron chi connectivity index (χ2n) is 6.52. The molecular formula is C20H13ClN4O4S. The van der Waals surface area contributed by atoms with Crippen LogP contribution in [0.3, 0.4) is 0 Å². The number of allylic oxidation sites excluding steroid dienone is 1. The van der Waals surface area contributed by atoms with Gasteiger partial charge in [0.15, 0.2) is 4.77 Å². The molecule has 2 aromatic carbocycles. The van der Waals surface area contributed by atoms with Crippen LogP contribution in [-0.2, 0) is 0 Å². The van der Waals surface area contributed by atoms with E-state index in [0.29, 0.717) is 33.2 Å². The Kier molecular flexibility index (Phi) is 4.84. The smallest absolute Gasteiger partial charge is 0.270 e. The van der Waals surface area contributed by atoms with E-state index < -0.39 is 10.5 Å². The van der Waals surface area contributed by atoms with Crippen LogP contribution in [0.4, 0.5) is 11.4 Å². The topological polar surface area (TPSA) is 114 Å². The van der Waals surface area contributed by atoms with E-state index in [1.807, 2.05) is 0 Å². The Labute approximate surface area is 179 Å². The van der Waals surface area contributed by atoms with Crippen LogP contribution in [0.1, 0.15) is 18.1 Å². The van der Waals surface area contributed by atoms with E-state index >= 15 is 0 Å². The lowest BCUT2D eigenvalue weighted by Crippen LogP contribution is -2.16. The van der Waals surface area contributed by atoms with Crippen LogP contribution in [-0.4, -0.2) is 25.3 Å². The first kappa shape index (κ1) is 19.7. The molecule has 0 saturated carbocycles. The molecule has 8 nitrogen and oxygen atoms in total. The van der Waals surface area contributed by atoms with Gasteiger partial charge < -0.3 is 5.11 Å². The number of aromatic amines is 1. The maximum absolute atomic E-state index is 12.6. The average molecular weight is 441 g/mol. The number of hydrogen-bond acceptors (Lipinski definition) is 6. The largest absolute Gasteiger partial charge is 0.494 e. The molecule has 1 aromatic heterocycles. The Bertz CT molecular complexity index is 1390. The summed E-state index contributed by atoms with van der Waals surface area (Å²) in [4.78, 5) is 30.1. The lowest BCUT2D eigenvalue weighted by Gasteiger charge is -2.12. The molecule has 1 aliphatic rings. The summed E-state index contributed by atoms with van der Waals surface area (Å²) in [7, 11) is 0. The summed E-state index contributed by atoms with van der Waals surface area (Å²) < 4.78 is 1.31. The van der Waals surface area contributed by atoms with Gasteiger partial charge in [-0.3, -0.25) is 29.5 Å². The summed E-state index contributed by atoms with van der Waals surface area (Å²) in [6.45, 7) is 1.72. The highest BCUT2D eigenvalue weighted by atomic mass is 35.5. The number of fused-ring (bicyclic) bond motifs is 1. The summed E-state index contributed by atoms with van der Waals surface area (Å²) in [5.41, 5.74) is 1.86. The third-order valence-corrected chi connectivity index (χ3v) is 5.19. The molecule has 0 amide bonds. The number of halogens is 1. The third-order valence-electron chi connectivity index (χ3n) is 4.65. The van der Waals surface area contributed by atoms with Gasteiger partial charge in [0.05, 0.1) is 16.3 Å². The number of rotatable bonds is 3. The monoisotopic (exact) mass is 440 g/mol. The predicted octanol–water partition coefficient (Wildman–Crippen LogP) is 4.81. The molecule has 1 aliphatic heterocycles. The number of non-ortho nitro benzene ring substituents is 1. The molecule has 0 aliphatic carbocycles. The van der Waals surface area contributed by atoms with Crippen LogP contribution >= 0.6 is 23.8 Å². The molecular weight excluding hydrogens is 428 g/mol. The fraction of sp³-hybridized carbons (Fsp3) is 0.0500. The van der Waals surface area contributed by atoms with Gasteiger partial charge in [-0.05, 0) is 55.5 Å². The van der Waals surface area contributed by atoms with Gasteiger partial charge in [0.1, 0.15) is 5.56 Å². The number of aromatic nitrogens is 2. The molecule has 150 valence electrons. The first-order valence-corrected chi connectivity index (χ1v) is 9.45. The SMILES string of the molecule is CC1=Nc2ccc([N+](=O)[O-])cc2/C1=C\c1c(O)n(-c2ccc(Cl)cc2)c(=S)[nH]c1=O. The first-order chi connectivity index (χ1) is 14.3. The van der Waals surface area contributed by atoms with Crippen molar-refractivity contribution < 1.29 is 10.0 Å². The lowest BCUT2D eigenvalue weighted by atomic mass is 10.0. The zero-order valence-electron chi connectivity index (χ0n) is 15.4. The molecule has 0 atom stereocenters. The van der Waals surface area contributed by atoms with Crippen molar-refractivity contribution in [2.45, 2.75) is 6.92 Å². The fourth-order valence-corrected chi connectivity index (χ4v) is 3.62. The van der Waals surface area contributed by atoms with E-state index in [-0.39, 0.29) is 21.9 Å². The molecule has 10 heteroatoms. The Morgan fingerprint density at radius 3 is 2.63 bits per heavy atom. The number of nitro groups is 1. The molecule has 0 bridgehead atoms. The van der Waals surface area contributed by atoms with Crippen molar-refractivity contribution in [3.63, 3.8) is 0 Å². The van der Waals surface area contributed by atoms with E-state index in [4.69, 9.17) is 23.8 Å². The van der Waals surface area contributed by atoms with Crippen molar-refractivity contribution in [1.29, 1.82) is 0 Å². The van der Waals surface area contributed by atoms with Crippen molar-refractivity contribution in [1.82, 2.24) is 9.55 Å². The van der Waals surface area contributed by atoms with Crippen molar-refractivity contribution in [3.05, 3.63) is 83.9 Å². The molecule has 3 aromatic rings. The molecule has 0 saturated heterocycles. The standard InChI is InChI=1S/C20H13ClN4O4S/c1-10-14(15-8-13(25(28)29)6-7-17(15)22-10)9-16-18(26)23-20(30)24(19(16)27)12-4-2-11(21)3-5-12/h2-9,27H,1H3,(H,23,26,30)/b14-9-. The highest BCUT2D eigenvalue weighted by molar-refractivity contribution is 7.71. The number of aliphatic imine (C=N–C) groups is 1. The Morgan fingerprint density at radius 1 is 1.27 bits per heavy atom. The quantitative estimate of drug-likeness (QED) is 0.344. The van der Waals surface area contributed by atoms with Gasteiger partial charge in [0.25, 0.3) is 11.2 Å². The minimum Gasteiger partial charge on any atom is -0.494 e. The number of benzene rings is 2. The number of hydrogen-bond donors (Lipinski definition) is 2. The normalized spacial score (nSPS) is 13.9. The zero-order valence-corrected chi connectivity index (χ0v) is 17.0. The fourth-order valence-electron chi connectivity index (χ4n) is 3.21. The molecule has 2 heterocycles. The van der Waals surface area contributed by atoms with Gasteiger partial charge in [0, 0.05) is 34.0 Å². The van der Waals surface area contributed by atoms with Crippen LogP contribution in [0.5, 0.6) is 5.88 Å². The van der Waals surface area contributed by atoms with Gasteiger partial charge in [-0.2, -0.15) is 0 Å². The van der Waals surface area contributed by atoms with E-state index in [9.17, 15) is 20.0 Å². The van der Waals surface area contributed by atoms with E-state index in [0.717, 1.165) is 0 Å². The minimum absolute atomic E-state index is 0.00909. The summed E-state index contributed by atoms with van der Waals surface area (Å²) in [6, 6.07) is 10.9. The van der Waals surface area contributed by atoms with Crippen molar-refractivity contribution in [3.8, 4) is 11.6 Å². The van der Waals surface area contributed by atoms with Crippen LogP contribution in [0.2, 0.25) is 5.02 Å². The first-order valence-electron chi connectivity index (χ1n) is 8.66. The second kappa shape index (κ2) is 7.36. The van der Waals surface area contributed by atoms with Crippen molar-refractivity contribution in [2.24, 2.45) is 4.99 Å². The van der Waals surface area contributed by atoms with E-state index in [2.05, 4.69) is 9.98 Å². The molecule has 0 fully saturated rings. The van der Waals surface area contributed by atoms with Crippen molar-refractivity contribution in [2.75, 3.05) is 0 Å². The van der Waals surface area contributed by atoms with Gasteiger partial charge in [-0.25, -0.2) is 0 Å². The molecule has 0 unspecified atom stereocenters. The second-order valence-corrected chi connectivity index (χ2v) is 7.35. The number of nitrogens with one attached hydrogen (secondary N) is 1. The Morgan fingerprint density at radius 2 is 1.97 bits per heavy atom. The van der Waals surface area contributed by atoms with Gasteiger partial charge >= 0.3 is 0 Å². The Balaban J connectivity index is 1.93. The third kappa shape index (κ3) is 3.34. The van der Waals surface area contributed by atoms with Crippen molar-refractivity contribution >= 4 is 52.6 Å². The summed E-state index contributed by atoms with van der Waals surface area (Å²) in [5.74, 6) is -0.370. The predicted molar refractivity (Wildman–Crippen MR) is 118 cm³/mol. The number of nitrogens with zero attached hydrogens (tertiary/aromatic N) is 3. The van der Waals surface area contributed by atoms with E-state index in [1.165, 1.54) is 22.8 Å². The molecule has 30 heavy (non-hydrogen) atoms. The molecule has 2 N–H and O–H groups in total. The maximum Gasteiger partial charge on any atom is 0.270 e. The number of nitro benzene ring substituents is 1. The number of H-pyrrole nitrogens is 1. The lowest BCUT2D eigenvalue weighted by molar-refractivity contribution is -0.384. The van der Waals surface area contributed by atoms with Crippen LogP contribution < -0.4 is 5.56 Å². The van der Waals surface area contributed by atoms with Crippen LogP contribution in [0.15, 0.2) is 52.3 Å². The highest BCUT2D eigenvalue weighted by Gasteiger charge is 2.23. The molecule has 4 rings (SSSR count). The average Bonchev–Trinajstić information content (AvgIpc) is 3.00. The van der Waals surface area contributed by atoms with Crippen LogP contribution in [0, 0.1) is 14.9 Å². The van der Waals surface area contributed by atoms with Gasteiger partial charge in [0.2, 0.25) is 5.88 Å². The summed E-state index contributed by atoms with van der Waals surface area (Å²) in [6.07, 6.45) is 1.45. The summed E-state index contributed by atoms with van der Waals surface area (Å²) in [5, 5.41) is 22.5. The molecule has 0 radical (unpaired) electrons.